The molecule has 19 heavy (non-hydrogen) atoms. The quantitative estimate of drug-likeness (QED) is 0.768. The Hall–Kier alpha value is -1.51. The molecule has 4 heteroatoms. The van der Waals surface area contributed by atoms with Crippen LogP contribution in [0.1, 0.15) is 17.3 Å². The molecule has 2 aromatic rings. The van der Waals surface area contributed by atoms with E-state index < -0.39 is 6.10 Å². The van der Waals surface area contributed by atoms with E-state index in [1.54, 1.807) is 55.5 Å². The van der Waals surface area contributed by atoms with Gasteiger partial charge in [-0.25, -0.2) is 0 Å². The molecule has 0 saturated heterocycles. The fraction of sp³-hybridized carbons (Fsp3) is 0.133. The highest BCUT2D eigenvalue weighted by Crippen LogP contribution is 2.19. The second-order valence-corrected chi connectivity index (χ2v) is 4.96. The van der Waals surface area contributed by atoms with Gasteiger partial charge in [-0.05, 0) is 43.3 Å². The molecule has 0 aliphatic rings. The largest absolute Gasteiger partial charge is 0.483 e. The van der Waals surface area contributed by atoms with Crippen LogP contribution in [-0.2, 0) is 0 Å². The van der Waals surface area contributed by atoms with Gasteiger partial charge in [0, 0.05) is 15.6 Å². The van der Waals surface area contributed by atoms with Crippen LogP contribution >= 0.6 is 23.2 Å². The van der Waals surface area contributed by atoms with Crippen molar-refractivity contribution in [1.29, 1.82) is 0 Å². The monoisotopic (exact) mass is 294 g/mol. The predicted octanol–water partition coefficient (Wildman–Crippen LogP) is 4.64. The summed E-state index contributed by atoms with van der Waals surface area (Å²) in [4.78, 5) is 12.2. The molecular weight excluding hydrogens is 283 g/mol. The summed E-state index contributed by atoms with van der Waals surface area (Å²) in [6.45, 7) is 1.71. The average molecular weight is 295 g/mol. The van der Waals surface area contributed by atoms with Gasteiger partial charge in [0.1, 0.15) is 5.75 Å². The maximum atomic E-state index is 12.2. The zero-order valence-corrected chi connectivity index (χ0v) is 11.8. The Balaban J connectivity index is 2.09. The molecule has 0 aromatic heterocycles. The molecule has 98 valence electrons. The van der Waals surface area contributed by atoms with Gasteiger partial charge in [0.2, 0.25) is 5.78 Å². The highest BCUT2D eigenvalue weighted by Gasteiger charge is 2.17. The summed E-state index contributed by atoms with van der Waals surface area (Å²) in [6.07, 6.45) is -0.584. The molecular formula is C15H12Cl2O2. The van der Waals surface area contributed by atoms with Crippen molar-refractivity contribution in [1.82, 2.24) is 0 Å². The van der Waals surface area contributed by atoms with Gasteiger partial charge >= 0.3 is 0 Å². The Kier molecular flexibility index (Phi) is 4.46. The lowest BCUT2D eigenvalue weighted by Gasteiger charge is -2.13. The lowest BCUT2D eigenvalue weighted by molar-refractivity contribution is 0.0818. The molecule has 0 radical (unpaired) electrons. The molecule has 2 nitrogen and oxygen atoms in total. The molecule has 1 atom stereocenters. The number of carbonyl (C=O) groups is 1. The number of ether oxygens (including phenoxy) is 1. The van der Waals surface area contributed by atoms with E-state index in [0.29, 0.717) is 21.4 Å². The van der Waals surface area contributed by atoms with Crippen LogP contribution in [0.4, 0.5) is 0 Å². The number of ketones is 1. The van der Waals surface area contributed by atoms with E-state index in [1.807, 2.05) is 0 Å². The van der Waals surface area contributed by atoms with E-state index in [9.17, 15) is 4.79 Å². The third kappa shape index (κ3) is 3.72. The van der Waals surface area contributed by atoms with Gasteiger partial charge in [-0.2, -0.15) is 0 Å². The summed E-state index contributed by atoms with van der Waals surface area (Å²) in [5.41, 5.74) is 0.536. The summed E-state index contributed by atoms with van der Waals surface area (Å²) < 4.78 is 5.57. The van der Waals surface area contributed by atoms with Crippen molar-refractivity contribution in [2.45, 2.75) is 13.0 Å². The summed E-state index contributed by atoms with van der Waals surface area (Å²) in [6, 6.07) is 13.7. The molecule has 0 heterocycles. The first kappa shape index (κ1) is 13.9. The summed E-state index contributed by atoms with van der Waals surface area (Å²) >= 11 is 11.7. The van der Waals surface area contributed by atoms with Crippen molar-refractivity contribution < 1.29 is 9.53 Å². The normalized spacial score (nSPS) is 11.9. The van der Waals surface area contributed by atoms with Gasteiger partial charge < -0.3 is 4.74 Å². The molecule has 0 saturated carbocycles. The van der Waals surface area contributed by atoms with Crippen molar-refractivity contribution in [3.63, 3.8) is 0 Å². The molecule has 0 fully saturated rings. The van der Waals surface area contributed by atoms with Crippen molar-refractivity contribution in [3.05, 3.63) is 64.1 Å². The van der Waals surface area contributed by atoms with Crippen LogP contribution in [0.25, 0.3) is 0 Å². The molecule has 2 aromatic carbocycles. The van der Waals surface area contributed by atoms with Gasteiger partial charge in [-0.1, -0.05) is 35.3 Å². The topological polar surface area (TPSA) is 26.3 Å². The van der Waals surface area contributed by atoms with Crippen LogP contribution in [0.3, 0.4) is 0 Å². The van der Waals surface area contributed by atoms with E-state index in [1.165, 1.54) is 0 Å². The molecule has 0 bridgehead atoms. The first-order chi connectivity index (χ1) is 9.06. The summed E-state index contributed by atoms with van der Waals surface area (Å²) in [5.74, 6) is 0.490. The maximum absolute atomic E-state index is 12.2. The van der Waals surface area contributed by atoms with E-state index >= 15 is 0 Å². The van der Waals surface area contributed by atoms with Gasteiger partial charge in [0.05, 0.1) is 0 Å². The van der Waals surface area contributed by atoms with Crippen LogP contribution in [0.5, 0.6) is 5.75 Å². The Morgan fingerprint density at radius 1 is 1.05 bits per heavy atom. The fourth-order valence-electron chi connectivity index (χ4n) is 1.65. The van der Waals surface area contributed by atoms with E-state index in [2.05, 4.69) is 0 Å². The third-order valence-corrected chi connectivity index (χ3v) is 3.09. The molecule has 0 unspecified atom stereocenters. The first-order valence-electron chi connectivity index (χ1n) is 5.78. The number of Topliss-reactive ketones (excluding diaryl/α,β-unsaturated/α-hetero) is 1. The Bertz CT molecular complexity index is 579. The van der Waals surface area contributed by atoms with E-state index in [-0.39, 0.29) is 5.78 Å². The van der Waals surface area contributed by atoms with Gasteiger partial charge in [0.25, 0.3) is 0 Å². The lowest BCUT2D eigenvalue weighted by Crippen LogP contribution is -2.23. The van der Waals surface area contributed by atoms with Gasteiger partial charge in [-0.15, -0.1) is 0 Å². The van der Waals surface area contributed by atoms with Crippen LogP contribution in [0, 0.1) is 0 Å². The fourth-order valence-corrected chi connectivity index (χ4v) is 1.96. The van der Waals surface area contributed by atoms with Crippen LogP contribution in [0.15, 0.2) is 48.5 Å². The minimum Gasteiger partial charge on any atom is -0.483 e. The minimum atomic E-state index is -0.584. The third-order valence-electron chi connectivity index (χ3n) is 2.60. The number of rotatable bonds is 4. The van der Waals surface area contributed by atoms with Crippen molar-refractivity contribution >= 4 is 29.0 Å². The number of benzene rings is 2. The van der Waals surface area contributed by atoms with Crippen molar-refractivity contribution in [2.75, 3.05) is 0 Å². The van der Waals surface area contributed by atoms with Crippen LogP contribution < -0.4 is 4.74 Å². The second kappa shape index (κ2) is 6.09. The maximum Gasteiger partial charge on any atom is 0.203 e. The number of hydrogen-bond acceptors (Lipinski definition) is 2. The molecule has 0 aliphatic carbocycles. The van der Waals surface area contributed by atoms with Gasteiger partial charge in [0.15, 0.2) is 6.10 Å². The highest BCUT2D eigenvalue weighted by molar-refractivity contribution is 6.31. The molecule has 2 rings (SSSR count). The van der Waals surface area contributed by atoms with Crippen LogP contribution in [-0.4, -0.2) is 11.9 Å². The molecule has 0 amide bonds. The summed E-state index contributed by atoms with van der Waals surface area (Å²) in [5, 5.41) is 1.16. The Labute approximate surface area is 121 Å². The molecule has 0 spiro atoms. The molecule has 0 aliphatic heterocycles. The van der Waals surface area contributed by atoms with Crippen molar-refractivity contribution in [2.24, 2.45) is 0 Å². The first-order valence-corrected chi connectivity index (χ1v) is 6.54. The van der Waals surface area contributed by atoms with Crippen molar-refractivity contribution in [3.8, 4) is 5.75 Å². The molecule has 0 N–H and O–H groups in total. The zero-order chi connectivity index (χ0) is 13.8. The minimum absolute atomic E-state index is 0.113. The number of hydrogen-bond donors (Lipinski definition) is 0. The summed E-state index contributed by atoms with van der Waals surface area (Å²) in [7, 11) is 0. The Morgan fingerprint density at radius 3 is 2.37 bits per heavy atom. The van der Waals surface area contributed by atoms with E-state index in [4.69, 9.17) is 27.9 Å². The second-order valence-electron chi connectivity index (χ2n) is 4.09. The number of halogens is 2. The van der Waals surface area contributed by atoms with E-state index in [0.717, 1.165) is 0 Å². The lowest BCUT2D eigenvalue weighted by atomic mass is 10.1. The standard InChI is InChI=1S/C15H12Cl2O2/c1-10(19-14-7-5-12(16)6-8-14)15(18)11-3-2-4-13(17)9-11/h2-10H,1H3/t10-/m1/s1. The smallest absolute Gasteiger partial charge is 0.203 e. The Morgan fingerprint density at radius 2 is 1.74 bits per heavy atom. The highest BCUT2D eigenvalue weighted by atomic mass is 35.5. The average Bonchev–Trinajstić information content (AvgIpc) is 2.40. The number of carbonyl (C=O) groups excluding carboxylic acids is 1. The SMILES string of the molecule is C[C@@H](Oc1ccc(Cl)cc1)C(=O)c1cccc(Cl)c1. The van der Waals surface area contributed by atoms with Gasteiger partial charge in [-0.3, -0.25) is 4.79 Å². The zero-order valence-electron chi connectivity index (χ0n) is 10.3. The predicted molar refractivity (Wildman–Crippen MR) is 77.3 cm³/mol. The van der Waals surface area contributed by atoms with Crippen LogP contribution in [0.2, 0.25) is 10.0 Å².